The predicted molar refractivity (Wildman–Crippen MR) is 254 cm³/mol. The lowest BCUT2D eigenvalue weighted by molar-refractivity contribution is -0.147. The van der Waals surface area contributed by atoms with E-state index < -0.39 is 57.6 Å². The Balaban J connectivity index is 3.97. The molecule has 0 aliphatic rings. The molecule has 0 aromatic heterocycles. The SMILES string of the molecule is CC/C=C\C/C=C\C/C=C\C/C=C\C/C=C\C/C=C\C/C=C\CCCC(=O)OCC(O)COP(=O)(O)OCC(NC(=O)CCCCCCCCCCCCCCCCC)C(=O)O. The molecule has 12 heteroatoms. The maximum absolute atomic E-state index is 12.3. The Hall–Kier alpha value is -3.34. The molecule has 0 radical (unpaired) electrons. The molecular formula is C50H84NO10P. The first-order chi connectivity index (χ1) is 30.1. The second-order valence-corrected chi connectivity index (χ2v) is 17.0. The molecule has 4 N–H and O–H groups in total. The number of ether oxygens (including phenoxy) is 1. The number of allylic oxidation sites excluding steroid dienone is 14. The summed E-state index contributed by atoms with van der Waals surface area (Å²) >= 11 is 0. The third-order valence-corrected chi connectivity index (χ3v) is 10.6. The average Bonchev–Trinajstić information content (AvgIpc) is 3.25. The van der Waals surface area contributed by atoms with E-state index in [2.05, 4.69) is 92.1 Å². The van der Waals surface area contributed by atoms with E-state index in [1.165, 1.54) is 70.6 Å². The quantitative estimate of drug-likeness (QED) is 0.0200. The van der Waals surface area contributed by atoms with Crippen molar-refractivity contribution in [3.63, 3.8) is 0 Å². The first-order valence-corrected chi connectivity index (χ1v) is 25.1. The van der Waals surface area contributed by atoms with Crippen molar-refractivity contribution >= 4 is 25.7 Å². The van der Waals surface area contributed by atoms with Crippen LogP contribution in [0.4, 0.5) is 0 Å². The smallest absolute Gasteiger partial charge is 0.472 e. The highest BCUT2D eigenvalue weighted by atomic mass is 31.2. The molecule has 1 amide bonds. The molecule has 3 unspecified atom stereocenters. The van der Waals surface area contributed by atoms with Crippen LogP contribution >= 0.6 is 7.82 Å². The van der Waals surface area contributed by atoms with Gasteiger partial charge in [0.05, 0.1) is 13.2 Å². The van der Waals surface area contributed by atoms with Crippen molar-refractivity contribution in [2.45, 2.75) is 193 Å². The van der Waals surface area contributed by atoms with Gasteiger partial charge >= 0.3 is 19.8 Å². The van der Waals surface area contributed by atoms with Crippen molar-refractivity contribution in [2.75, 3.05) is 19.8 Å². The largest absolute Gasteiger partial charge is 0.480 e. The van der Waals surface area contributed by atoms with Gasteiger partial charge in [0.2, 0.25) is 5.91 Å². The van der Waals surface area contributed by atoms with E-state index in [4.69, 9.17) is 13.8 Å². The Morgan fingerprint density at radius 2 is 0.935 bits per heavy atom. The van der Waals surface area contributed by atoms with Crippen molar-refractivity contribution in [1.82, 2.24) is 5.32 Å². The molecule has 0 saturated carbocycles. The number of carbonyl (C=O) groups is 3. The van der Waals surface area contributed by atoms with Crippen LogP contribution in [0.5, 0.6) is 0 Å². The molecule has 0 saturated heterocycles. The molecule has 0 spiro atoms. The number of esters is 1. The van der Waals surface area contributed by atoms with Gasteiger partial charge in [-0.1, -0.05) is 189 Å². The fraction of sp³-hybridized carbons (Fsp3) is 0.660. The number of phosphoric ester groups is 1. The fourth-order valence-corrected chi connectivity index (χ4v) is 6.84. The molecule has 354 valence electrons. The molecule has 62 heavy (non-hydrogen) atoms. The number of carboxylic acids is 1. The maximum Gasteiger partial charge on any atom is 0.472 e. The molecule has 0 aliphatic heterocycles. The minimum absolute atomic E-state index is 0.140. The lowest BCUT2D eigenvalue weighted by atomic mass is 10.0. The number of hydrogen-bond acceptors (Lipinski definition) is 8. The molecule has 11 nitrogen and oxygen atoms in total. The summed E-state index contributed by atoms with van der Waals surface area (Å²) in [5, 5.41) is 21.9. The van der Waals surface area contributed by atoms with Crippen molar-refractivity contribution in [3.05, 3.63) is 85.1 Å². The Labute approximate surface area is 375 Å². The van der Waals surface area contributed by atoms with E-state index in [9.17, 15) is 34.1 Å². The van der Waals surface area contributed by atoms with E-state index in [0.717, 1.165) is 64.2 Å². The van der Waals surface area contributed by atoms with Gasteiger partial charge in [-0.2, -0.15) is 0 Å². The van der Waals surface area contributed by atoms with Gasteiger partial charge in [-0.15, -0.1) is 0 Å². The number of nitrogens with one attached hydrogen (secondary N) is 1. The lowest BCUT2D eigenvalue weighted by Gasteiger charge is -2.18. The van der Waals surface area contributed by atoms with E-state index in [0.29, 0.717) is 19.3 Å². The zero-order valence-corrected chi connectivity index (χ0v) is 39.3. The number of aliphatic hydroxyl groups excluding tert-OH is 1. The van der Waals surface area contributed by atoms with Crippen molar-refractivity contribution in [2.24, 2.45) is 0 Å². The van der Waals surface area contributed by atoms with Crippen LogP contribution in [0, 0.1) is 0 Å². The Morgan fingerprint density at radius 3 is 1.37 bits per heavy atom. The topological polar surface area (TPSA) is 169 Å². The minimum Gasteiger partial charge on any atom is -0.480 e. The minimum atomic E-state index is -4.77. The van der Waals surface area contributed by atoms with Gasteiger partial charge in [-0.3, -0.25) is 18.6 Å². The summed E-state index contributed by atoms with van der Waals surface area (Å²) < 4.78 is 26.8. The molecular weight excluding hydrogens is 806 g/mol. The van der Waals surface area contributed by atoms with E-state index >= 15 is 0 Å². The third-order valence-electron chi connectivity index (χ3n) is 9.70. The highest BCUT2D eigenvalue weighted by Crippen LogP contribution is 2.43. The molecule has 0 aromatic carbocycles. The van der Waals surface area contributed by atoms with Crippen LogP contribution in [0.15, 0.2) is 85.1 Å². The number of unbranched alkanes of at least 4 members (excludes halogenated alkanes) is 15. The number of aliphatic carboxylic acids is 1. The van der Waals surface area contributed by atoms with Crippen molar-refractivity contribution in [3.8, 4) is 0 Å². The molecule has 3 atom stereocenters. The van der Waals surface area contributed by atoms with E-state index in [-0.39, 0.29) is 12.8 Å². The average molecular weight is 890 g/mol. The van der Waals surface area contributed by atoms with Crippen molar-refractivity contribution < 1.29 is 47.8 Å². The van der Waals surface area contributed by atoms with Crippen LogP contribution in [-0.4, -0.2) is 64.9 Å². The highest BCUT2D eigenvalue weighted by Gasteiger charge is 2.28. The Bertz CT molecular complexity index is 1370. The molecule has 0 aromatic rings. The van der Waals surface area contributed by atoms with Crippen LogP contribution in [0.25, 0.3) is 0 Å². The normalized spacial score (nSPS) is 14.4. The zero-order valence-electron chi connectivity index (χ0n) is 38.4. The van der Waals surface area contributed by atoms with Crippen LogP contribution in [0.1, 0.15) is 181 Å². The number of rotatable bonds is 43. The maximum atomic E-state index is 12.3. The zero-order chi connectivity index (χ0) is 45.6. The van der Waals surface area contributed by atoms with E-state index in [1.807, 2.05) is 12.2 Å². The molecule has 0 rings (SSSR count). The van der Waals surface area contributed by atoms with Crippen LogP contribution in [0.2, 0.25) is 0 Å². The van der Waals surface area contributed by atoms with Gasteiger partial charge in [0, 0.05) is 12.8 Å². The monoisotopic (exact) mass is 890 g/mol. The number of phosphoric acid groups is 1. The summed E-state index contributed by atoms with van der Waals surface area (Å²) in [6.07, 6.45) is 54.7. The van der Waals surface area contributed by atoms with Gasteiger partial charge < -0.3 is 25.2 Å². The molecule has 0 heterocycles. The van der Waals surface area contributed by atoms with Gasteiger partial charge in [-0.05, 0) is 64.2 Å². The summed E-state index contributed by atoms with van der Waals surface area (Å²) in [5.41, 5.74) is 0. The first kappa shape index (κ1) is 58.7. The molecule has 0 bridgehead atoms. The number of aliphatic hydroxyl groups is 1. The Morgan fingerprint density at radius 1 is 0.532 bits per heavy atom. The number of amides is 1. The summed E-state index contributed by atoms with van der Waals surface area (Å²) in [7, 11) is -4.77. The highest BCUT2D eigenvalue weighted by molar-refractivity contribution is 7.47. The summed E-state index contributed by atoms with van der Waals surface area (Å²) in [6.45, 7) is 2.42. The summed E-state index contributed by atoms with van der Waals surface area (Å²) in [4.78, 5) is 46.0. The Kier molecular flexibility index (Phi) is 41.9. The van der Waals surface area contributed by atoms with Crippen LogP contribution < -0.4 is 5.32 Å². The van der Waals surface area contributed by atoms with Crippen molar-refractivity contribution in [1.29, 1.82) is 0 Å². The first-order valence-electron chi connectivity index (χ1n) is 23.6. The van der Waals surface area contributed by atoms with Gasteiger partial charge in [0.15, 0.2) is 6.04 Å². The standard InChI is InChI=1S/C50H84NO10P/c1-3-5-7-9-11-13-15-17-19-20-21-22-23-24-25-26-28-30-32-34-36-38-40-42-49(54)59-43-46(52)44-60-62(57,58)61-45-47(50(55)56)51-48(53)41-39-37-35-33-31-29-27-18-16-14-12-10-8-6-4-2/h5,7,11,13,17,19,21-22,24-25,28,30,34,36,46-47,52H,3-4,6,8-10,12,14-16,18,20,23,26-27,29,31-33,35,37-45H2,1-2H3,(H,51,53)(H,55,56)(H,57,58)/b7-5-,13-11-,19-17-,22-21-,25-24-,30-28-,36-34-. The molecule has 0 fully saturated rings. The number of carbonyl (C=O) groups excluding carboxylic acids is 2. The van der Waals surface area contributed by atoms with Crippen LogP contribution in [0.3, 0.4) is 0 Å². The third kappa shape index (κ3) is 43.3. The number of carboxylic acid groups (broad SMARTS) is 1. The van der Waals surface area contributed by atoms with Gasteiger partial charge in [0.1, 0.15) is 12.7 Å². The fourth-order valence-electron chi connectivity index (χ4n) is 6.07. The van der Waals surface area contributed by atoms with E-state index in [1.54, 1.807) is 0 Å². The van der Waals surface area contributed by atoms with Gasteiger partial charge in [-0.25, -0.2) is 9.36 Å². The predicted octanol–water partition coefficient (Wildman–Crippen LogP) is 12.7. The van der Waals surface area contributed by atoms with Gasteiger partial charge in [0.25, 0.3) is 0 Å². The summed E-state index contributed by atoms with van der Waals surface area (Å²) in [6, 6.07) is -1.56. The second-order valence-electron chi connectivity index (χ2n) is 15.6. The lowest BCUT2D eigenvalue weighted by Crippen LogP contribution is -2.43. The van der Waals surface area contributed by atoms with Crippen LogP contribution in [-0.2, 0) is 32.7 Å². The molecule has 0 aliphatic carbocycles. The summed E-state index contributed by atoms with van der Waals surface area (Å²) in [5.74, 6) is -2.44. The second kappa shape index (κ2) is 44.3. The number of hydrogen-bond donors (Lipinski definition) is 4.